The van der Waals surface area contributed by atoms with Crippen LogP contribution in [0, 0.1) is 23.7 Å². The molecule has 0 aromatic rings. The summed E-state index contributed by atoms with van der Waals surface area (Å²) in [7, 11) is 0. The van der Waals surface area contributed by atoms with E-state index in [0.717, 1.165) is 0 Å². The molecule has 0 amide bonds. The summed E-state index contributed by atoms with van der Waals surface area (Å²) in [4.78, 5) is 22.6. The number of terminal acetylenes is 1. The Hall–Kier alpha value is -1.55. The minimum atomic E-state index is -0.813. The number of carbonyl (C=O) groups excluding carboxylic acids is 2. The van der Waals surface area contributed by atoms with E-state index in [0.29, 0.717) is 0 Å². The Morgan fingerprint density at radius 2 is 1.50 bits per heavy atom. The second kappa shape index (κ2) is 3.67. The van der Waals surface area contributed by atoms with Crippen molar-refractivity contribution in [1.82, 2.24) is 0 Å². The highest BCUT2D eigenvalue weighted by Crippen LogP contribution is 2.28. The van der Waals surface area contributed by atoms with Gasteiger partial charge >= 0.3 is 0 Å². The van der Waals surface area contributed by atoms with Gasteiger partial charge in [-0.25, -0.2) is 0 Å². The van der Waals surface area contributed by atoms with Gasteiger partial charge in [-0.15, -0.1) is 6.42 Å². The maximum atomic E-state index is 11.3. The van der Waals surface area contributed by atoms with Crippen molar-refractivity contribution in [2.45, 2.75) is 0 Å². The molecule has 0 radical (unpaired) electrons. The highest BCUT2D eigenvalue weighted by Gasteiger charge is 2.32. The van der Waals surface area contributed by atoms with Crippen molar-refractivity contribution in [2.75, 3.05) is 0 Å². The molecule has 1 aliphatic carbocycles. The zero-order valence-corrected chi connectivity index (χ0v) is 8.11. The van der Waals surface area contributed by atoms with Crippen molar-refractivity contribution in [2.24, 2.45) is 0 Å². The zero-order chi connectivity index (χ0) is 10.9. The fraction of sp³-hybridized carbons (Fsp3) is 0. The van der Waals surface area contributed by atoms with Crippen LogP contribution < -0.4 is 0 Å². The molecule has 0 spiro atoms. The van der Waals surface area contributed by atoms with Gasteiger partial charge in [-0.2, -0.15) is 5.26 Å². The van der Waals surface area contributed by atoms with Gasteiger partial charge in [0.05, 0.1) is 5.57 Å². The summed E-state index contributed by atoms with van der Waals surface area (Å²) in [6, 6.07) is 1.53. The van der Waals surface area contributed by atoms with Crippen LogP contribution in [0.2, 0.25) is 0 Å². The number of hydrogen-bond acceptors (Lipinski definition) is 3. The number of Topliss-reactive ketones (excluding diaryl/α,β-unsaturated/α-hetero) is 2. The highest BCUT2D eigenvalue weighted by molar-refractivity contribution is 6.59. The lowest BCUT2D eigenvalue weighted by molar-refractivity contribution is -0.115. The Labute approximate surface area is 89.6 Å². The van der Waals surface area contributed by atoms with Crippen LogP contribution in [0.3, 0.4) is 0 Å². The molecule has 14 heavy (non-hydrogen) atoms. The normalized spacial score (nSPS) is 16.9. The minimum Gasteiger partial charge on any atom is -0.287 e. The summed E-state index contributed by atoms with van der Waals surface area (Å²) in [5, 5.41) is 7.68. The smallest absolute Gasteiger partial charge is 0.217 e. The standard InChI is InChI=1S/C9HCl2NO2/c1-2-4-5(3-12)9(14)7(11)6(10)8(4)13/h1H. The van der Waals surface area contributed by atoms with Crippen LogP contribution in [0.5, 0.6) is 0 Å². The van der Waals surface area contributed by atoms with E-state index in [1.165, 1.54) is 6.07 Å². The molecule has 0 saturated heterocycles. The largest absolute Gasteiger partial charge is 0.287 e. The number of nitriles is 1. The lowest BCUT2D eigenvalue weighted by Gasteiger charge is -2.09. The monoisotopic (exact) mass is 225 g/mol. The van der Waals surface area contributed by atoms with E-state index < -0.39 is 27.2 Å². The Bertz CT molecular complexity index is 442. The molecule has 0 saturated carbocycles. The first-order valence-electron chi connectivity index (χ1n) is 3.30. The summed E-state index contributed by atoms with van der Waals surface area (Å²) in [6.07, 6.45) is 4.97. The van der Waals surface area contributed by atoms with E-state index >= 15 is 0 Å². The Kier molecular flexibility index (Phi) is 2.76. The summed E-state index contributed by atoms with van der Waals surface area (Å²) < 4.78 is 0. The van der Waals surface area contributed by atoms with E-state index in [2.05, 4.69) is 0 Å². The van der Waals surface area contributed by atoms with Gasteiger partial charge in [0.1, 0.15) is 21.7 Å². The van der Waals surface area contributed by atoms with Crippen LogP contribution in [0.4, 0.5) is 0 Å². The van der Waals surface area contributed by atoms with Gasteiger partial charge in [0.25, 0.3) is 0 Å². The lowest BCUT2D eigenvalue weighted by atomic mass is 9.96. The van der Waals surface area contributed by atoms with Crippen molar-refractivity contribution < 1.29 is 9.59 Å². The molecule has 0 aromatic carbocycles. The summed E-state index contributed by atoms with van der Waals surface area (Å²) in [5.74, 6) is 0.364. The van der Waals surface area contributed by atoms with E-state index in [-0.39, 0.29) is 5.57 Å². The average Bonchev–Trinajstić information content (AvgIpc) is 2.20. The zero-order valence-electron chi connectivity index (χ0n) is 6.60. The molecule has 3 nitrogen and oxygen atoms in total. The van der Waals surface area contributed by atoms with Crippen LogP contribution >= 0.6 is 23.2 Å². The number of hydrogen-bond donors (Lipinski definition) is 0. The third-order valence-electron chi connectivity index (χ3n) is 1.55. The number of ketones is 2. The SMILES string of the molecule is C#CC1=C(C#N)C(=O)C(Cl)=C(Cl)C1=O. The molecule has 0 aromatic heterocycles. The first-order valence-corrected chi connectivity index (χ1v) is 4.05. The number of allylic oxidation sites excluding steroid dienone is 4. The van der Waals surface area contributed by atoms with Crippen molar-refractivity contribution in [3.05, 3.63) is 21.2 Å². The van der Waals surface area contributed by atoms with Gasteiger partial charge in [0.15, 0.2) is 0 Å². The number of halogens is 2. The number of carbonyl (C=O) groups is 2. The van der Waals surface area contributed by atoms with Gasteiger partial charge in [-0.3, -0.25) is 9.59 Å². The van der Waals surface area contributed by atoms with Gasteiger partial charge in [-0.1, -0.05) is 29.1 Å². The number of nitrogens with zero attached hydrogens (tertiary/aromatic N) is 1. The molecular formula is C9HCl2NO2. The van der Waals surface area contributed by atoms with Crippen molar-refractivity contribution in [3.8, 4) is 18.4 Å². The van der Waals surface area contributed by atoms with Gasteiger partial charge in [-0.05, 0) is 0 Å². The predicted molar refractivity (Wildman–Crippen MR) is 50.2 cm³/mol. The molecule has 1 aliphatic rings. The number of rotatable bonds is 0. The van der Waals surface area contributed by atoms with Gasteiger partial charge in [0, 0.05) is 0 Å². The van der Waals surface area contributed by atoms with E-state index in [1.54, 1.807) is 0 Å². The maximum Gasteiger partial charge on any atom is 0.217 e. The third-order valence-corrected chi connectivity index (χ3v) is 2.37. The summed E-state index contributed by atoms with van der Waals surface area (Å²) in [6.45, 7) is 0. The summed E-state index contributed by atoms with van der Waals surface area (Å²) >= 11 is 10.9. The molecular weight excluding hydrogens is 225 g/mol. The topological polar surface area (TPSA) is 57.9 Å². The Morgan fingerprint density at radius 1 is 1.07 bits per heavy atom. The van der Waals surface area contributed by atoms with Crippen LogP contribution in [0.25, 0.3) is 0 Å². The molecule has 0 bridgehead atoms. The van der Waals surface area contributed by atoms with E-state index in [1.807, 2.05) is 5.92 Å². The predicted octanol–water partition coefficient (Wildman–Crippen LogP) is 1.28. The van der Waals surface area contributed by atoms with E-state index in [4.69, 9.17) is 34.9 Å². The molecule has 5 heteroatoms. The third kappa shape index (κ3) is 1.33. The lowest BCUT2D eigenvalue weighted by Crippen LogP contribution is -2.18. The molecule has 0 aliphatic heterocycles. The molecule has 0 fully saturated rings. The second-order valence-electron chi connectivity index (χ2n) is 2.29. The van der Waals surface area contributed by atoms with Crippen LogP contribution in [-0.4, -0.2) is 11.6 Å². The Balaban J connectivity index is 3.51. The first-order chi connectivity index (χ1) is 6.54. The van der Waals surface area contributed by atoms with Crippen LogP contribution in [0.1, 0.15) is 0 Å². The van der Waals surface area contributed by atoms with Gasteiger partial charge < -0.3 is 0 Å². The highest BCUT2D eigenvalue weighted by atomic mass is 35.5. The molecule has 0 unspecified atom stereocenters. The fourth-order valence-corrected chi connectivity index (χ4v) is 1.25. The average molecular weight is 226 g/mol. The Morgan fingerprint density at radius 3 is 1.86 bits per heavy atom. The van der Waals surface area contributed by atoms with Crippen molar-refractivity contribution in [3.63, 3.8) is 0 Å². The second-order valence-corrected chi connectivity index (χ2v) is 3.05. The van der Waals surface area contributed by atoms with Crippen molar-refractivity contribution >= 4 is 34.8 Å². The van der Waals surface area contributed by atoms with E-state index in [9.17, 15) is 9.59 Å². The molecule has 0 heterocycles. The van der Waals surface area contributed by atoms with Crippen LogP contribution in [0.15, 0.2) is 21.2 Å². The summed E-state index contributed by atoms with van der Waals surface area (Å²) in [5.41, 5.74) is -0.779. The first kappa shape index (κ1) is 10.5. The van der Waals surface area contributed by atoms with Crippen molar-refractivity contribution in [1.29, 1.82) is 5.26 Å². The molecule has 0 N–H and O–H groups in total. The molecule has 68 valence electrons. The fourth-order valence-electron chi connectivity index (χ4n) is 0.890. The minimum absolute atomic E-state index is 0.341. The molecule has 1 rings (SSSR count). The van der Waals surface area contributed by atoms with Crippen LogP contribution in [-0.2, 0) is 9.59 Å². The van der Waals surface area contributed by atoms with Gasteiger partial charge in [0.2, 0.25) is 11.6 Å². The quantitative estimate of drug-likeness (QED) is 0.461. The molecule has 0 atom stereocenters. The maximum absolute atomic E-state index is 11.3.